The molecule has 0 bridgehead atoms. The van der Waals surface area contributed by atoms with Crippen molar-refractivity contribution in [2.45, 2.75) is 19.3 Å². The van der Waals surface area contributed by atoms with Gasteiger partial charge in [-0.15, -0.1) is 0 Å². The Morgan fingerprint density at radius 1 is 1.29 bits per heavy atom. The predicted molar refractivity (Wildman–Crippen MR) is 109 cm³/mol. The number of carbonyl (C=O) groups excluding carboxylic acids is 2. The van der Waals surface area contributed by atoms with E-state index in [2.05, 4.69) is 15.7 Å². The number of carbonyl (C=O) groups is 2. The van der Waals surface area contributed by atoms with Crippen LogP contribution in [0.4, 0.5) is 11.6 Å². The molecule has 28 heavy (non-hydrogen) atoms. The van der Waals surface area contributed by atoms with Crippen molar-refractivity contribution in [3.63, 3.8) is 0 Å². The minimum atomic E-state index is -0.743. The van der Waals surface area contributed by atoms with Gasteiger partial charge in [0.15, 0.2) is 0 Å². The number of hydrogen-bond acceptors (Lipinski definition) is 4. The summed E-state index contributed by atoms with van der Waals surface area (Å²) in [4.78, 5) is 29.7. The highest BCUT2D eigenvalue weighted by Crippen LogP contribution is 2.35. The SMILES string of the molecule is Cc1ccc(Cl)cc1NC(=O)C1CC(=O)Nn2c(N)nc(-c3ccccc3)c21. The van der Waals surface area contributed by atoms with Crippen molar-refractivity contribution < 1.29 is 9.59 Å². The minimum absolute atomic E-state index is 0.00356. The Hall–Kier alpha value is -3.32. The average molecular weight is 396 g/mol. The van der Waals surface area contributed by atoms with Crippen molar-refractivity contribution >= 4 is 35.1 Å². The number of nitrogens with zero attached hydrogens (tertiary/aromatic N) is 2. The van der Waals surface area contributed by atoms with E-state index in [1.807, 2.05) is 43.3 Å². The van der Waals surface area contributed by atoms with Crippen LogP contribution in [0, 0.1) is 6.92 Å². The monoisotopic (exact) mass is 395 g/mol. The first kappa shape index (κ1) is 18.1. The van der Waals surface area contributed by atoms with E-state index in [-0.39, 0.29) is 24.2 Å². The molecule has 1 aliphatic rings. The minimum Gasteiger partial charge on any atom is -0.368 e. The molecule has 1 aromatic heterocycles. The second kappa shape index (κ2) is 7.01. The van der Waals surface area contributed by atoms with Crippen LogP contribution in [-0.2, 0) is 9.59 Å². The van der Waals surface area contributed by atoms with Crippen LogP contribution in [0.15, 0.2) is 48.5 Å². The number of aromatic nitrogens is 2. The number of fused-ring (bicyclic) bond motifs is 1. The van der Waals surface area contributed by atoms with E-state index in [0.717, 1.165) is 11.1 Å². The van der Waals surface area contributed by atoms with Gasteiger partial charge in [0.05, 0.1) is 17.3 Å². The van der Waals surface area contributed by atoms with Gasteiger partial charge in [-0.1, -0.05) is 48.0 Å². The van der Waals surface area contributed by atoms with Gasteiger partial charge in [-0.05, 0) is 24.6 Å². The van der Waals surface area contributed by atoms with Gasteiger partial charge in [0, 0.05) is 22.7 Å². The number of rotatable bonds is 3. The largest absolute Gasteiger partial charge is 0.368 e. The molecule has 7 nitrogen and oxygen atoms in total. The van der Waals surface area contributed by atoms with Crippen molar-refractivity contribution in [2.75, 3.05) is 16.5 Å². The Morgan fingerprint density at radius 3 is 2.79 bits per heavy atom. The Labute approximate surface area is 166 Å². The summed E-state index contributed by atoms with van der Waals surface area (Å²) in [6.07, 6.45) is -0.00356. The van der Waals surface area contributed by atoms with E-state index in [1.54, 1.807) is 12.1 Å². The Morgan fingerprint density at radius 2 is 2.04 bits per heavy atom. The number of nitrogen functional groups attached to an aromatic ring is 1. The zero-order valence-corrected chi connectivity index (χ0v) is 15.8. The van der Waals surface area contributed by atoms with Crippen LogP contribution in [0.2, 0.25) is 5.02 Å². The summed E-state index contributed by atoms with van der Waals surface area (Å²) in [6.45, 7) is 1.87. The number of nitrogens with two attached hydrogens (primary N) is 1. The van der Waals surface area contributed by atoms with E-state index < -0.39 is 5.92 Å². The molecule has 0 aliphatic carbocycles. The molecule has 3 aromatic rings. The summed E-state index contributed by atoms with van der Waals surface area (Å²) in [5.74, 6) is -1.25. The summed E-state index contributed by atoms with van der Waals surface area (Å²) in [5, 5.41) is 3.40. The normalized spacial score (nSPS) is 15.6. The van der Waals surface area contributed by atoms with Crippen molar-refractivity contribution in [3.05, 3.63) is 64.8 Å². The third-order valence-corrected chi connectivity index (χ3v) is 4.95. The highest BCUT2D eigenvalue weighted by molar-refractivity contribution is 6.31. The third-order valence-electron chi connectivity index (χ3n) is 4.72. The summed E-state index contributed by atoms with van der Waals surface area (Å²) in [7, 11) is 0. The first-order chi connectivity index (χ1) is 13.4. The number of nitrogens with one attached hydrogen (secondary N) is 2. The summed E-state index contributed by atoms with van der Waals surface area (Å²) in [5.41, 5.74) is 12.1. The lowest BCUT2D eigenvalue weighted by Gasteiger charge is -2.25. The molecule has 1 unspecified atom stereocenters. The van der Waals surface area contributed by atoms with Gasteiger partial charge in [-0.3, -0.25) is 15.0 Å². The molecule has 0 saturated heterocycles. The van der Waals surface area contributed by atoms with Crippen molar-refractivity contribution in [1.82, 2.24) is 9.66 Å². The molecule has 2 amide bonds. The lowest BCUT2D eigenvalue weighted by molar-refractivity contribution is -0.124. The molecule has 0 saturated carbocycles. The molecule has 8 heteroatoms. The first-order valence-corrected chi connectivity index (χ1v) is 9.12. The number of anilines is 2. The van der Waals surface area contributed by atoms with E-state index in [1.165, 1.54) is 4.68 Å². The molecule has 0 spiro atoms. The zero-order valence-electron chi connectivity index (χ0n) is 15.1. The third kappa shape index (κ3) is 3.20. The van der Waals surface area contributed by atoms with Crippen LogP contribution in [-0.4, -0.2) is 21.5 Å². The molecule has 0 fully saturated rings. The molecular formula is C20H18ClN5O2. The Bertz CT molecular complexity index is 1080. The maximum atomic E-state index is 13.1. The summed E-state index contributed by atoms with van der Waals surface area (Å²) in [6, 6.07) is 14.7. The summed E-state index contributed by atoms with van der Waals surface area (Å²) < 4.78 is 1.39. The van der Waals surface area contributed by atoms with Gasteiger partial charge < -0.3 is 11.1 Å². The number of halogens is 1. The first-order valence-electron chi connectivity index (χ1n) is 8.74. The molecule has 1 aliphatic heterocycles. The smallest absolute Gasteiger partial charge is 0.240 e. The second-order valence-electron chi connectivity index (χ2n) is 6.65. The molecule has 2 heterocycles. The predicted octanol–water partition coefficient (Wildman–Crippen LogP) is 3.29. The van der Waals surface area contributed by atoms with Gasteiger partial charge in [0.2, 0.25) is 17.8 Å². The fourth-order valence-corrected chi connectivity index (χ4v) is 3.49. The van der Waals surface area contributed by atoms with Crippen LogP contribution in [0.25, 0.3) is 11.3 Å². The topological polar surface area (TPSA) is 102 Å². The molecular weight excluding hydrogens is 378 g/mol. The van der Waals surface area contributed by atoms with Gasteiger partial charge in [-0.25, -0.2) is 9.66 Å². The van der Waals surface area contributed by atoms with E-state index >= 15 is 0 Å². The molecule has 4 rings (SSSR count). The number of hydrogen-bond donors (Lipinski definition) is 3. The second-order valence-corrected chi connectivity index (χ2v) is 7.08. The van der Waals surface area contributed by atoms with Crippen LogP contribution < -0.4 is 16.5 Å². The van der Waals surface area contributed by atoms with Gasteiger partial charge in [-0.2, -0.15) is 0 Å². The molecule has 4 N–H and O–H groups in total. The standard InChI is InChI=1S/C20H18ClN5O2/c1-11-7-8-13(21)9-15(11)23-19(28)14-10-16(27)25-26-18(14)17(24-20(26)22)12-5-3-2-4-6-12/h2-9,14H,10H2,1H3,(H2,22,24)(H,23,28)(H,25,27). The van der Waals surface area contributed by atoms with Gasteiger partial charge in [0.25, 0.3) is 0 Å². The van der Waals surface area contributed by atoms with E-state index in [9.17, 15) is 9.59 Å². The highest BCUT2D eigenvalue weighted by atomic mass is 35.5. The van der Waals surface area contributed by atoms with Gasteiger partial charge in [0.1, 0.15) is 0 Å². The summed E-state index contributed by atoms with van der Waals surface area (Å²) >= 11 is 6.05. The van der Waals surface area contributed by atoms with Crippen LogP contribution in [0.5, 0.6) is 0 Å². The van der Waals surface area contributed by atoms with Crippen molar-refractivity contribution in [3.8, 4) is 11.3 Å². The average Bonchev–Trinajstić information content (AvgIpc) is 3.01. The number of amides is 2. The maximum Gasteiger partial charge on any atom is 0.240 e. The molecule has 1 atom stereocenters. The van der Waals surface area contributed by atoms with Crippen LogP contribution >= 0.6 is 11.6 Å². The number of aryl methyl sites for hydroxylation is 1. The quantitative estimate of drug-likeness (QED) is 0.633. The molecule has 2 aromatic carbocycles. The van der Waals surface area contributed by atoms with Crippen molar-refractivity contribution in [2.24, 2.45) is 0 Å². The van der Waals surface area contributed by atoms with Crippen LogP contribution in [0.3, 0.4) is 0 Å². The highest BCUT2D eigenvalue weighted by Gasteiger charge is 2.36. The lowest BCUT2D eigenvalue weighted by Crippen LogP contribution is -2.38. The fourth-order valence-electron chi connectivity index (χ4n) is 3.32. The van der Waals surface area contributed by atoms with E-state index in [4.69, 9.17) is 17.3 Å². The van der Waals surface area contributed by atoms with Crippen LogP contribution in [0.1, 0.15) is 23.6 Å². The van der Waals surface area contributed by atoms with Crippen molar-refractivity contribution in [1.29, 1.82) is 0 Å². The molecule has 0 radical (unpaired) electrons. The Kier molecular flexibility index (Phi) is 4.52. The lowest BCUT2D eigenvalue weighted by atomic mass is 9.94. The maximum absolute atomic E-state index is 13.1. The Balaban J connectivity index is 1.76. The van der Waals surface area contributed by atoms with Gasteiger partial charge >= 0.3 is 0 Å². The number of imidazole rings is 1. The van der Waals surface area contributed by atoms with E-state index in [0.29, 0.717) is 22.1 Å². The molecule has 142 valence electrons. The number of benzene rings is 2. The zero-order chi connectivity index (χ0) is 19.8. The fraction of sp³-hybridized carbons (Fsp3) is 0.150.